The number of sulfonamides is 1. The van der Waals surface area contributed by atoms with E-state index in [-0.39, 0.29) is 17.2 Å². The van der Waals surface area contributed by atoms with Gasteiger partial charge in [0.05, 0.1) is 46.6 Å². The Hall–Kier alpha value is -3.16. The molecule has 11 nitrogen and oxygen atoms in total. The largest absolute Gasteiger partial charge is 0.477 e. The van der Waals surface area contributed by atoms with Gasteiger partial charge in [-0.2, -0.15) is 0 Å². The number of thiazole rings is 1. The number of pyridine rings is 1. The average molecular weight is 600 g/mol. The van der Waals surface area contributed by atoms with E-state index >= 15 is 0 Å². The average Bonchev–Trinajstić information content (AvgIpc) is 3.71. The predicted molar refractivity (Wildman–Crippen MR) is 158 cm³/mol. The van der Waals surface area contributed by atoms with Crippen LogP contribution in [0.4, 0.5) is 5.69 Å². The number of piperidine rings is 1. The van der Waals surface area contributed by atoms with Gasteiger partial charge in [0, 0.05) is 24.5 Å². The summed E-state index contributed by atoms with van der Waals surface area (Å²) in [5, 5.41) is 3.12. The Morgan fingerprint density at radius 1 is 1.17 bits per heavy atom. The van der Waals surface area contributed by atoms with E-state index in [1.165, 1.54) is 11.3 Å². The maximum Gasteiger partial charge on any atom is 0.280 e. The second-order valence-corrected chi connectivity index (χ2v) is 13.8. The first-order chi connectivity index (χ1) is 19.7. The normalized spacial score (nSPS) is 18.7. The minimum atomic E-state index is -3.43. The number of anilines is 1. The van der Waals surface area contributed by atoms with Crippen LogP contribution in [0.5, 0.6) is 5.88 Å². The minimum Gasteiger partial charge on any atom is -0.477 e. The fraction of sp³-hybridized carbons (Fsp3) is 0.536. The van der Waals surface area contributed by atoms with Crippen molar-refractivity contribution in [3.63, 3.8) is 0 Å². The summed E-state index contributed by atoms with van der Waals surface area (Å²) in [6, 6.07) is 3.57. The van der Waals surface area contributed by atoms with Gasteiger partial charge in [-0.1, -0.05) is 6.42 Å². The number of ether oxygens (including phenoxy) is 1. The third-order valence-electron chi connectivity index (χ3n) is 7.37. The summed E-state index contributed by atoms with van der Waals surface area (Å²) in [6.45, 7) is 7.74. The van der Waals surface area contributed by atoms with Crippen LogP contribution in [0.15, 0.2) is 36.9 Å². The maximum absolute atomic E-state index is 13.5. The van der Waals surface area contributed by atoms with Crippen LogP contribution in [-0.4, -0.2) is 69.6 Å². The molecule has 2 N–H and O–H groups in total. The van der Waals surface area contributed by atoms with Gasteiger partial charge in [-0.3, -0.25) is 24.4 Å². The van der Waals surface area contributed by atoms with Gasteiger partial charge in [-0.15, -0.1) is 11.3 Å². The Bertz CT molecular complexity index is 1460. The molecule has 2 fully saturated rings. The molecule has 1 aliphatic heterocycles. The summed E-state index contributed by atoms with van der Waals surface area (Å²) in [5.41, 5.74) is 1.64. The molecule has 3 aromatic heterocycles. The first-order valence-corrected chi connectivity index (χ1v) is 16.5. The molecular formula is C28H37N7O4S2. The van der Waals surface area contributed by atoms with Crippen LogP contribution in [0.3, 0.4) is 0 Å². The van der Waals surface area contributed by atoms with E-state index in [1.807, 2.05) is 6.92 Å². The van der Waals surface area contributed by atoms with E-state index in [2.05, 4.69) is 48.7 Å². The highest BCUT2D eigenvalue weighted by molar-refractivity contribution is 7.93. The number of aromatic nitrogens is 4. The number of likely N-dealkylation sites (tertiary alicyclic amines) is 1. The van der Waals surface area contributed by atoms with Gasteiger partial charge < -0.3 is 10.1 Å². The Morgan fingerprint density at radius 3 is 2.76 bits per heavy atom. The standard InChI is InChI=1S/C28H37N7O4S2/c1-4-39-26-17-29-15-24(32-26)25-16-31-28(40-25)27(36)33-23(14-20-7-5-6-12-35(20)18(2)3)22-13-19(10-11-30-22)34-41(37,38)21-8-9-21/h10-11,13,15-18,20-21,23H,4-9,12,14H2,1-3H3,(H,30,34)(H,33,36)/t20-,23+/m0/s1. The Morgan fingerprint density at radius 2 is 2.00 bits per heavy atom. The Labute approximate surface area is 245 Å². The highest BCUT2D eigenvalue weighted by Gasteiger charge is 2.36. The Kier molecular flexibility index (Phi) is 9.15. The Balaban J connectivity index is 1.39. The smallest absolute Gasteiger partial charge is 0.280 e. The van der Waals surface area contributed by atoms with E-state index in [0.29, 0.717) is 64.8 Å². The molecule has 1 aliphatic carbocycles. The van der Waals surface area contributed by atoms with Crippen molar-refractivity contribution < 1.29 is 17.9 Å². The molecule has 1 amide bonds. The van der Waals surface area contributed by atoms with Crippen molar-refractivity contribution in [1.82, 2.24) is 30.2 Å². The van der Waals surface area contributed by atoms with Crippen molar-refractivity contribution >= 4 is 33.0 Å². The zero-order valence-electron chi connectivity index (χ0n) is 23.6. The fourth-order valence-electron chi connectivity index (χ4n) is 5.21. The number of nitrogens with zero attached hydrogens (tertiary/aromatic N) is 5. The monoisotopic (exact) mass is 599 g/mol. The molecule has 4 heterocycles. The molecule has 5 rings (SSSR count). The quantitative estimate of drug-likeness (QED) is 0.310. The van der Waals surface area contributed by atoms with Crippen LogP contribution in [0.1, 0.15) is 80.8 Å². The zero-order chi connectivity index (χ0) is 29.0. The third-order valence-corrected chi connectivity index (χ3v) is 10.3. The molecule has 0 spiro atoms. The number of hydrogen-bond acceptors (Lipinski definition) is 10. The van der Waals surface area contributed by atoms with Gasteiger partial charge in [0.2, 0.25) is 15.9 Å². The number of carbonyl (C=O) groups is 1. The highest BCUT2D eigenvalue weighted by atomic mass is 32.2. The summed E-state index contributed by atoms with van der Waals surface area (Å²) in [6.07, 6.45) is 11.7. The molecule has 0 aromatic carbocycles. The lowest BCUT2D eigenvalue weighted by molar-refractivity contribution is 0.0847. The summed E-state index contributed by atoms with van der Waals surface area (Å²) >= 11 is 1.23. The second kappa shape index (κ2) is 12.8. The van der Waals surface area contributed by atoms with Crippen molar-refractivity contribution in [2.45, 2.75) is 82.7 Å². The van der Waals surface area contributed by atoms with Crippen molar-refractivity contribution in [3.05, 3.63) is 47.6 Å². The first kappa shape index (κ1) is 29.3. The molecule has 1 saturated heterocycles. The molecule has 0 bridgehead atoms. The van der Waals surface area contributed by atoms with Crippen molar-refractivity contribution in [1.29, 1.82) is 0 Å². The van der Waals surface area contributed by atoms with Crippen molar-refractivity contribution in [2.24, 2.45) is 0 Å². The van der Waals surface area contributed by atoms with Crippen molar-refractivity contribution in [2.75, 3.05) is 17.9 Å². The number of amides is 1. The highest BCUT2D eigenvalue weighted by Crippen LogP contribution is 2.32. The molecule has 2 aliphatic rings. The van der Waals surface area contributed by atoms with E-state index in [9.17, 15) is 13.2 Å². The topological polar surface area (TPSA) is 139 Å². The molecule has 1 saturated carbocycles. The zero-order valence-corrected chi connectivity index (χ0v) is 25.2. The molecule has 41 heavy (non-hydrogen) atoms. The lowest BCUT2D eigenvalue weighted by atomic mass is 9.93. The molecule has 2 atom stereocenters. The summed E-state index contributed by atoms with van der Waals surface area (Å²) < 4.78 is 33.3. The summed E-state index contributed by atoms with van der Waals surface area (Å²) in [7, 11) is -3.43. The first-order valence-electron chi connectivity index (χ1n) is 14.2. The molecule has 220 valence electrons. The van der Waals surface area contributed by atoms with Crippen LogP contribution < -0.4 is 14.8 Å². The van der Waals surface area contributed by atoms with E-state index in [4.69, 9.17) is 4.74 Å². The fourth-order valence-corrected chi connectivity index (χ4v) is 7.36. The molecule has 3 aromatic rings. The lowest BCUT2D eigenvalue weighted by Gasteiger charge is -2.40. The van der Waals surface area contributed by atoms with Gasteiger partial charge >= 0.3 is 0 Å². The molecule has 0 unspecified atom stereocenters. The predicted octanol–water partition coefficient (Wildman–Crippen LogP) is 4.42. The SMILES string of the molecule is CCOc1cncc(-c2cnc(C(=O)N[C@H](C[C@@H]3CCCCN3C(C)C)c3cc(NS(=O)(=O)C4CC4)ccn3)s2)n1. The van der Waals surface area contributed by atoms with Crippen LogP contribution in [0, 0.1) is 0 Å². The number of hydrogen-bond donors (Lipinski definition) is 2. The maximum atomic E-state index is 13.5. The molecular weight excluding hydrogens is 562 g/mol. The summed E-state index contributed by atoms with van der Waals surface area (Å²) in [4.78, 5) is 34.3. The van der Waals surface area contributed by atoms with E-state index in [0.717, 1.165) is 25.8 Å². The number of rotatable bonds is 12. The molecule has 13 heteroatoms. The van der Waals surface area contributed by atoms with Crippen molar-refractivity contribution in [3.8, 4) is 16.5 Å². The molecule has 0 radical (unpaired) electrons. The van der Waals surface area contributed by atoms with Gasteiger partial charge in [-0.05, 0) is 71.6 Å². The van der Waals surface area contributed by atoms with Crippen LogP contribution in [0.25, 0.3) is 10.6 Å². The lowest BCUT2D eigenvalue weighted by Crippen LogP contribution is -2.46. The third kappa shape index (κ3) is 7.38. The van der Waals surface area contributed by atoms with Crippen LogP contribution in [-0.2, 0) is 10.0 Å². The van der Waals surface area contributed by atoms with Gasteiger partial charge in [0.15, 0.2) is 5.01 Å². The minimum absolute atomic E-state index is 0.256. The number of carbonyl (C=O) groups excluding carboxylic acids is 1. The van der Waals surface area contributed by atoms with Gasteiger partial charge in [0.1, 0.15) is 5.69 Å². The van der Waals surface area contributed by atoms with Gasteiger partial charge in [-0.25, -0.2) is 18.4 Å². The van der Waals surface area contributed by atoms with Gasteiger partial charge in [0.25, 0.3) is 5.91 Å². The number of nitrogens with one attached hydrogen (secondary N) is 2. The van der Waals surface area contributed by atoms with Crippen LogP contribution >= 0.6 is 11.3 Å². The van der Waals surface area contributed by atoms with Crippen LogP contribution in [0.2, 0.25) is 0 Å². The second-order valence-electron chi connectivity index (χ2n) is 10.8. The summed E-state index contributed by atoms with van der Waals surface area (Å²) in [5.74, 6) is 0.0905. The van der Waals surface area contributed by atoms with E-state index in [1.54, 1.807) is 36.9 Å². The van der Waals surface area contributed by atoms with E-state index < -0.39 is 16.1 Å².